The molecule has 1 unspecified atom stereocenters. The Hall–Kier alpha value is -3.48. The van der Waals surface area contributed by atoms with Crippen LogP contribution in [0.15, 0.2) is 70.3 Å². The lowest BCUT2D eigenvalue weighted by Gasteiger charge is -2.19. The zero-order valence-electron chi connectivity index (χ0n) is 14.8. The summed E-state index contributed by atoms with van der Waals surface area (Å²) in [5, 5.41) is 10.8. The highest BCUT2D eigenvalue weighted by Crippen LogP contribution is 2.27. The molecule has 2 aromatic carbocycles. The molecule has 1 atom stereocenters. The fourth-order valence-electron chi connectivity index (χ4n) is 2.82. The third-order valence-electron chi connectivity index (χ3n) is 4.35. The maximum absolute atomic E-state index is 12.6. The minimum Gasteiger partial charge on any atom is -0.379 e. The average molecular weight is 362 g/mol. The standard InChI is InChI=1S/C20H18N4O3/c1-20(12-16(23-27-20)14-8-4-2-5-9-14)19(25)21-13-17-22-18(24-26-17)15-10-6-3-7-11-15/h2-11H,12-13H2,1H3,(H,21,25). The van der Waals surface area contributed by atoms with Crippen LogP contribution in [0.1, 0.15) is 24.8 Å². The summed E-state index contributed by atoms with van der Waals surface area (Å²) < 4.78 is 5.21. The number of carbonyl (C=O) groups is 1. The van der Waals surface area contributed by atoms with E-state index in [1.807, 2.05) is 60.7 Å². The van der Waals surface area contributed by atoms with Crippen molar-refractivity contribution in [1.82, 2.24) is 15.5 Å². The van der Waals surface area contributed by atoms with Crippen molar-refractivity contribution in [2.45, 2.75) is 25.5 Å². The largest absolute Gasteiger partial charge is 0.379 e. The quantitative estimate of drug-likeness (QED) is 0.754. The number of nitrogens with zero attached hydrogens (tertiary/aromatic N) is 3. The number of benzene rings is 2. The van der Waals surface area contributed by atoms with Crippen LogP contribution >= 0.6 is 0 Å². The summed E-state index contributed by atoms with van der Waals surface area (Å²) >= 11 is 0. The van der Waals surface area contributed by atoms with E-state index in [2.05, 4.69) is 20.6 Å². The molecule has 0 fully saturated rings. The number of carbonyl (C=O) groups excluding carboxylic acids is 1. The molecule has 0 spiro atoms. The van der Waals surface area contributed by atoms with E-state index in [0.717, 1.165) is 16.8 Å². The Morgan fingerprint density at radius 2 is 1.74 bits per heavy atom. The monoisotopic (exact) mass is 362 g/mol. The van der Waals surface area contributed by atoms with Gasteiger partial charge in [0.15, 0.2) is 0 Å². The first-order chi connectivity index (χ1) is 13.1. The molecule has 0 radical (unpaired) electrons. The normalized spacial score (nSPS) is 18.6. The summed E-state index contributed by atoms with van der Waals surface area (Å²) in [6, 6.07) is 19.2. The van der Waals surface area contributed by atoms with Gasteiger partial charge in [0, 0.05) is 12.0 Å². The van der Waals surface area contributed by atoms with E-state index in [9.17, 15) is 4.79 Å². The second-order valence-electron chi connectivity index (χ2n) is 6.46. The molecule has 1 amide bonds. The lowest BCUT2D eigenvalue weighted by Crippen LogP contribution is -2.44. The molecule has 1 aliphatic heterocycles. The van der Waals surface area contributed by atoms with E-state index >= 15 is 0 Å². The van der Waals surface area contributed by atoms with Crippen molar-refractivity contribution < 1.29 is 14.2 Å². The van der Waals surface area contributed by atoms with Gasteiger partial charge in [0.05, 0.1) is 12.3 Å². The van der Waals surface area contributed by atoms with Gasteiger partial charge in [-0.3, -0.25) is 4.79 Å². The average Bonchev–Trinajstić information content (AvgIpc) is 3.35. The highest BCUT2D eigenvalue weighted by atomic mass is 16.7. The van der Waals surface area contributed by atoms with Crippen molar-refractivity contribution >= 4 is 11.6 Å². The van der Waals surface area contributed by atoms with Gasteiger partial charge in [-0.05, 0) is 12.5 Å². The Labute approximate surface area is 156 Å². The van der Waals surface area contributed by atoms with Crippen molar-refractivity contribution in [1.29, 1.82) is 0 Å². The Balaban J connectivity index is 1.37. The molecule has 1 aliphatic rings. The Bertz CT molecular complexity index is 969. The fourth-order valence-corrected chi connectivity index (χ4v) is 2.82. The lowest BCUT2D eigenvalue weighted by atomic mass is 9.95. The van der Waals surface area contributed by atoms with Crippen LogP contribution in [0.2, 0.25) is 0 Å². The van der Waals surface area contributed by atoms with E-state index < -0.39 is 5.60 Å². The summed E-state index contributed by atoms with van der Waals surface area (Å²) in [5.41, 5.74) is 1.48. The van der Waals surface area contributed by atoms with Gasteiger partial charge in [-0.2, -0.15) is 4.98 Å². The smallest absolute Gasteiger partial charge is 0.267 e. The van der Waals surface area contributed by atoms with Gasteiger partial charge in [-0.15, -0.1) is 0 Å². The Morgan fingerprint density at radius 3 is 2.44 bits per heavy atom. The van der Waals surface area contributed by atoms with E-state index in [0.29, 0.717) is 18.1 Å². The van der Waals surface area contributed by atoms with E-state index in [1.54, 1.807) is 6.92 Å². The summed E-state index contributed by atoms with van der Waals surface area (Å²) in [6.45, 7) is 1.84. The van der Waals surface area contributed by atoms with Crippen molar-refractivity contribution in [3.8, 4) is 11.4 Å². The summed E-state index contributed by atoms with van der Waals surface area (Å²) in [5.74, 6) is 0.530. The topological polar surface area (TPSA) is 89.6 Å². The minimum absolute atomic E-state index is 0.123. The van der Waals surface area contributed by atoms with Crippen LogP contribution in [-0.4, -0.2) is 27.4 Å². The van der Waals surface area contributed by atoms with Gasteiger partial charge >= 0.3 is 0 Å². The molecule has 0 bridgehead atoms. The van der Waals surface area contributed by atoms with Crippen molar-refractivity contribution in [3.05, 3.63) is 72.1 Å². The lowest BCUT2D eigenvalue weighted by molar-refractivity contribution is -0.142. The summed E-state index contributed by atoms with van der Waals surface area (Å²) in [7, 11) is 0. The highest BCUT2D eigenvalue weighted by Gasteiger charge is 2.42. The van der Waals surface area contributed by atoms with Crippen molar-refractivity contribution in [2.24, 2.45) is 5.16 Å². The molecular weight excluding hydrogens is 344 g/mol. The molecule has 3 aromatic rings. The zero-order chi connectivity index (χ0) is 18.7. The molecule has 1 N–H and O–H groups in total. The maximum atomic E-state index is 12.6. The number of aromatic nitrogens is 2. The Kier molecular flexibility index (Phi) is 4.42. The molecule has 4 rings (SSSR count). The zero-order valence-corrected chi connectivity index (χ0v) is 14.8. The van der Waals surface area contributed by atoms with Crippen molar-refractivity contribution in [3.63, 3.8) is 0 Å². The van der Waals surface area contributed by atoms with Gasteiger partial charge in [-0.1, -0.05) is 71.0 Å². The van der Waals surface area contributed by atoms with E-state index in [-0.39, 0.29) is 12.5 Å². The fraction of sp³-hybridized carbons (Fsp3) is 0.200. The first-order valence-corrected chi connectivity index (χ1v) is 8.61. The molecule has 0 saturated heterocycles. The van der Waals surface area contributed by atoms with Crippen LogP contribution in [0.25, 0.3) is 11.4 Å². The van der Waals surface area contributed by atoms with E-state index in [1.165, 1.54) is 0 Å². The summed E-state index contributed by atoms with van der Waals surface area (Å²) in [6.07, 6.45) is 0.391. The highest BCUT2D eigenvalue weighted by molar-refractivity contribution is 6.05. The minimum atomic E-state index is -1.06. The molecular formula is C20H18N4O3. The second kappa shape index (κ2) is 7.03. The van der Waals surface area contributed by atoms with Gasteiger partial charge in [0.2, 0.25) is 17.3 Å². The molecule has 0 aliphatic carbocycles. The number of rotatable bonds is 5. The van der Waals surface area contributed by atoms with Crippen LogP contribution in [0, 0.1) is 0 Å². The predicted molar refractivity (Wildman–Crippen MR) is 98.7 cm³/mol. The third-order valence-corrected chi connectivity index (χ3v) is 4.35. The molecule has 7 nitrogen and oxygen atoms in total. The van der Waals surface area contributed by atoms with Crippen LogP contribution in [0.5, 0.6) is 0 Å². The number of hydrogen-bond acceptors (Lipinski definition) is 6. The summed E-state index contributed by atoms with van der Waals surface area (Å²) in [4.78, 5) is 22.3. The Morgan fingerprint density at radius 1 is 1.07 bits per heavy atom. The van der Waals surface area contributed by atoms with Crippen LogP contribution in [0.4, 0.5) is 0 Å². The molecule has 0 saturated carbocycles. The van der Waals surface area contributed by atoms with Crippen molar-refractivity contribution in [2.75, 3.05) is 0 Å². The van der Waals surface area contributed by atoms with Gasteiger partial charge < -0.3 is 14.7 Å². The first kappa shape index (κ1) is 17.0. The van der Waals surface area contributed by atoms with E-state index in [4.69, 9.17) is 9.36 Å². The third kappa shape index (κ3) is 3.57. The number of nitrogens with one attached hydrogen (secondary N) is 1. The number of amides is 1. The van der Waals surface area contributed by atoms with Gasteiger partial charge in [0.1, 0.15) is 0 Å². The van der Waals surface area contributed by atoms with Crippen LogP contribution < -0.4 is 5.32 Å². The van der Waals surface area contributed by atoms with Gasteiger partial charge in [-0.25, -0.2) is 0 Å². The number of oxime groups is 1. The molecule has 27 heavy (non-hydrogen) atoms. The maximum Gasteiger partial charge on any atom is 0.267 e. The number of hydrogen-bond donors (Lipinski definition) is 1. The molecule has 7 heteroatoms. The second-order valence-corrected chi connectivity index (χ2v) is 6.46. The molecule has 1 aromatic heterocycles. The van der Waals surface area contributed by atoms with Crippen LogP contribution in [0.3, 0.4) is 0 Å². The van der Waals surface area contributed by atoms with Gasteiger partial charge in [0.25, 0.3) is 5.91 Å². The molecule has 136 valence electrons. The first-order valence-electron chi connectivity index (χ1n) is 8.61. The predicted octanol–water partition coefficient (Wildman–Crippen LogP) is 2.94. The SMILES string of the molecule is CC1(C(=O)NCc2nc(-c3ccccc3)no2)CC(c2ccccc2)=NO1. The molecule has 2 heterocycles. The van der Waals surface area contributed by atoms with Crippen LogP contribution in [-0.2, 0) is 16.2 Å².